The van der Waals surface area contributed by atoms with E-state index in [2.05, 4.69) is 11.1 Å². The number of para-hydroxylation sites is 1. The third-order valence-electron chi connectivity index (χ3n) is 3.69. The lowest BCUT2D eigenvalue weighted by molar-refractivity contribution is 0.572. The van der Waals surface area contributed by atoms with Crippen LogP contribution >= 0.6 is 46.3 Å². The number of nitriles is 1. The number of furan rings is 1. The largest absolute Gasteiger partial charge is 0.457 e. The first kappa shape index (κ1) is 18.1. The van der Waals surface area contributed by atoms with E-state index in [-0.39, 0.29) is 0 Å². The third-order valence-corrected chi connectivity index (χ3v) is 6.45. The molecule has 0 aliphatic heterocycles. The first-order valence-corrected chi connectivity index (χ1v) is 10.2. The van der Waals surface area contributed by atoms with Crippen LogP contribution in [0.1, 0.15) is 5.76 Å². The summed E-state index contributed by atoms with van der Waals surface area (Å²) in [6, 6.07) is 19.1. The zero-order valence-electron chi connectivity index (χ0n) is 13.6. The van der Waals surface area contributed by atoms with Crippen LogP contribution in [0.3, 0.4) is 0 Å². The quantitative estimate of drug-likeness (QED) is 0.249. The number of benzene rings is 2. The molecule has 0 fully saturated rings. The second kappa shape index (κ2) is 7.79. The fourth-order valence-electron chi connectivity index (χ4n) is 2.44. The molecule has 2 aromatic carbocycles. The molecular weight excluding hydrogens is 419 g/mol. The van der Waals surface area contributed by atoms with Gasteiger partial charge in [0.25, 0.3) is 0 Å². The van der Waals surface area contributed by atoms with Crippen molar-refractivity contribution < 1.29 is 4.42 Å². The van der Waals surface area contributed by atoms with Gasteiger partial charge in [0.15, 0.2) is 4.34 Å². The van der Waals surface area contributed by atoms with Crippen LogP contribution in [0.2, 0.25) is 10.0 Å². The van der Waals surface area contributed by atoms with Gasteiger partial charge in [0.2, 0.25) is 0 Å². The number of fused-ring (bicyclic) bond motifs is 1. The van der Waals surface area contributed by atoms with Crippen molar-refractivity contribution in [3.8, 4) is 17.4 Å². The molecule has 0 N–H and O–H groups in total. The standard InChI is InChI=1S/C20H10Cl2N2OS2/c21-15-7-5-12(9-16(15)22)18-8-6-13(25-18)10-14(11-23)26-20-24-17-3-1-2-4-19(17)27-20/h1-10H/b14-10+. The van der Waals surface area contributed by atoms with E-state index in [0.717, 1.165) is 20.1 Å². The van der Waals surface area contributed by atoms with Crippen LogP contribution in [0.4, 0.5) is 0 Å². The van der Waals surface area contributed by atoms with E-state index >= 15 is 0 Å². The Morgan fingerprint density at radius 2 is 1.96 bits per heavy atom. The highest BCUT2D eigenvalue weighted by molar-refractivity contribution is 8.05. The Labute approximate surface area is 173 Å². The molecule has 4 aromatic rings. The Kier molecular flexibility index (Phi) is 5.24. The summed E-state index contributed by atoms with van der Waals surface area (Å²) in [5.41, 5.74) is 1.75. The Bertz CT molecular complexity index is 1170. The summed E-state index contributed by atoms with van der Waals surface area (Å²) in [6.45, 7) is 0. The van der Waals surface area contributed by atoms with E-state index in [4.69, 9.17) is 27.6 Å². The van der Waals surface area contributed by atoms with Gasteiger partial charge in [0.05, 0.1) is 25.2 Å². The Morgan fingerprint density at radius 3 is 2.74 bits per heavy atom. The van der Waals surface area contributed by atoms with E-state index in [1.165, 1.54) is 11.8 Å². The summed E-state index contributed by atoms with van der Waals surface area (Å²) in [5, 5.41) is 10.4. The van der Waals surface area contributed by atoms with Crippen LogP contribution in [0.25, 0.3) is 27.6 Å². The first-order valence-electron chi connectivity index (χ1n) is 7.83. The fraction of sp³-hybridized carbons (Fsp3) is 0. The van der Waals surface area contributed by atoms with Gasteiger partial charge >= 0.3 is 0 Å². The van der Waals surface area contributed by atoms with Gasteiger partial charge in [0.1, 0.15) is 17.6 Å². The molecule has 2 heterocycles. The minimum atomic E-state index is 0.465. The highest BCUT2D eigenvalue weighted by Crippen LogP contribution is 2.35. The molecule has 0 atom stereocenters. The molecule has 0 unspecified atom stereocenters. The average Bonchev–Trinajstić information content (AvgIpc) is 3.29. The van der Waals surface area contributed by atoms with Crippen molar-refractivity contribution >= 4 is 62.6 Å². The maximum Gasteiger partial charge on any atom is 0.156 e. The Morgan fingerprint density at radius 1 is 1.11 bits per heavy atom. The van der Waals surface area contributed by atoms with Crippen LogP contribution in [-0.4, -0.2) is 4.98 Å². The summed E-state index contributed by atoms with van der Waals surface area (Å²) in [5.74, 6) is 1.24. The van der Waals surface area contributed by atoms with Crippen molar-refractivity contribution in [2.75, 3.05) is 0 Å². The predicted molar refractivity (Wildman–Crippen MR) is 113 cm³/mol. The molecule has 0 amide bonds. The lowest BCUT2D eigenvalue weighted by Gasteiger charge is -1.99. The van der Waals surface area contributed by atoms with Crippen LogP contribution < -0.4 is 0 Å². The molecular formula is C20H10Cl2N2OS2. The summed E-state index contributed by atoms with van der Waals surface area (Å²) in [4.78, 5) is 5.05. The molecule has 0 saturated carbocycles. The van der Waals surface area contributed by atoms with E-state index in [1.807, 2.05) is 42.5 Å². The lowest BCUT2D eigenvalue weighted by Crippen LogP contribution is -1.75. The number of hydrogen-bond acceptors (Lipinski definition) is 5. The normalized spacial score (nSPS) is 11.7. The van der Waals surface area contributed by atoms with Crippen molar-refractivity contribution in [1.29, 1.82) is 5.26 Å². The minimum absolute atomic E-state index is 0.465. The highest BCUT2D eigenvalue weighted by Gasteiger charge is 2.10. The monoisotopic (exact) mass is 428 g/mol. The van der Waals surface area contributed by atoms with E-state index in [0.29, 0.717) is 26.5 Å². The SMILES string of the molecule is N#C/C(=C\c1ccc(-c2ccc(Cl)c(Cl)c2)o1)Sc1nc2ccccc2s1. The zero-order valence-corrected chi connectivity index (χ0v) is 16.8. The summed E-state index contributed by atoms with van der Waals surface area (Å²) >= 11 is 14.9. The number of aromatic nitrogens is 1. The Balaban J connectivity index is 1.58. The number of halogens is 2. The summed E-state index contributed by atoms with van der Waals surface area (Å²) in [6.07, 6.45) is 1.71. The zero-order chi connectivity index (χ0) is 18.8. The molecule has 0 aliphatic rings. The summed E-state index contributed by atoms with van der Waals surface area (Å²) < 4.78 is 7.75. The van der Waals surface area contributed by atoms with Gasteiger partial charge in [-0.3, -0.25) is 0 Å². The number of nitrogens with zero attached hydrogens (tertiary/aromatic N) is 2. The van der Waals surface area contributed by atoms with E-state index in [1.54, 1.807) is 29.5 Å². The average molecular weight is 429 g/mol. The first-order chi connectivity index (χ1) is 13.1. The number of rotatable bonds is 4. The van der Waals surface area contributed by atoms with Crippen molar-refractivity contribution in [1.82, 2.24) is 4.98 Å². The maximum absolute atomic E-state index is 9.48. The highest BCUT2D eigenvalue weighted by atomic mass is 35.5. The molecule has 0 spiro atoms. The third kappa shape index (κ3) is 4.05. The number of thioether (sulfide) groups is 1. The van der Waals surface area contributed by atoms with Crippen molar-refractivity contribution in [2.45, 2.75) is 4.34 Å². The van der Waals surface area contributed by atoms with Gasteiger partial charge in [-0.25, -0.2) is 4.98 Å². The van der Waals surface area contributed by atoms with Crippen LogP contribution in [0.15, 0.2) is 68.3 Å². The molecule has 0 radical (unpaired) electrons. The van der Waals surface area contributed by atoms with Gasteiger partial charge in [-0.1, -0.05) is 35.3 Å². The molecule has 7 heteroatoms. The van der Waals surface area contributed by atoms with Gasteiger partial charge in [0, 0.05) is 11.6 Å². The van der Waals surface area contributed by atoms with E-state index < -0.39 is 0 Å². The molecule has 0 saturated heterocycles. The predicted octanol–water partition coefficient (Wildman–Crippen LogP) is 7.52. The molecule has 0 bridgehead atoms. The minimum Gasteiger partial charge on any atom is -0.457 e. The molecule has 27 heavy (non-hydrogen) atoms. The van der Waals surface area contributed by atoms with Gasteiger partial charge in [-0.2, -0.15) is 5.26 Å². The molecule has 3 nitrogen and oxygen atoms in total. The van der Waals surface area contributed by atoms with Gasteiger partial charge in [-0.05, 0) is 54.2 Å². The van der Waals surface area contributed by atoms with Crippen LogP contribution in [0, 0.1) is 11.3 Å². The van der Waals surface area contributed by atoms with Crippen LogP contribution in [0.5, 0.6) is 0 Å². The van der Waals surface area contributed by atoms with Crippen LogP contribution in [-0.2, 0) is 0 Å². The molecule has 132 valence electrons. The van der Waals surface area contributed by atoms with Gasteiger partial charge < -0.3 is 4.42 Å². The molecule has 2 aromatic heterocycles. The van der Waals surface area contributed by atoms with Crippen molar-refractivity contribution in [3.05, 3.63) is 75.3 Å². The second-order valence-corrected chi connectivity index (χ2v) is 8.63. The number of hydrogen-bond donors (Lipinski definition) is 0. The lowest BCUT2D eigenvalue weighted by atomic mass is 10.2. The van der Waals surface area contributed by atoms with Crippen molar-refractivity contribution in [2.24, 2.45) is 0 Å². The fourth-order valence-corrected chi connectivity index (χ4v) is 4.69. The second-order valence-electron chi connectivity index (χ2n) is 5.50. The number of allylic oxidation sites excluding steroid dienone is 1. The molecule has 4 rings (SSSR count). The summed E-state index contributed by atoms with van der Waals surface area (Å²) in [7, 11) is 0. The topological polar surface area (TPSA) is 49.8 Å². The van der Waals surface area contributed by atoms with E-state index in [9.17, 15) is 5.26 Å². The Hall–Kier alpha value is -2.23. The molecule has 0 aliphatic carbocycles. The van der Waals surface area contributed by atoms with Gasteiger partial charge in [-0.15, -0.1) is 11.3 Å². The number of thiazole rings is 1. The maximum atomic E-state index is 9.48. The smallest absolute Gasteiger partial charge is 0.156 e. The van der Waals surface area contributed by atoms with Crippen molar-refractivity contribution in [3.63, 3.8) is 0 Å².